The molecule has 2 unspecified atom stereocenters. The highest BCUT2D eigenvalue weighted by atomic mass is 19.1. The van der Waals surface area contributed by atoms with E-state index in [1.54, 1.807) is 0 Å². The maximum atomic E-state index is 13.8. The summed E-state index contributed by atoms with van der Waals surface area (Å²) in [4.78, 5) is 0. The number of rotatable bonds is 2. The second kappa shape index (κ2) is 4.28. The molecule has 2 fully saturated rings. The van der Waals surface area contributed by atoms with Crippen LogP contribution in [-0.4, -0.2) is 18.3 Å². The molecule has 1 heterocycles. The third-order valence-electron chi connectivity index (χ3n) is 4.82. The number of benzene rings is 1. The predicted molar refractivity (Wildman–Crippen MR) is 73.5 cm³/mol. The number of hydrogen-bond donors (Lipinski definition) is 0. The van der Waals surface area contributed by atoms with Crippen LogP contribution >= 0.6 is 0 Å². The standard InChI is InChI=1S/C15H19BF2O2/c1-14(2)15(3,4)20-16(19-14)12-8-11(12)10-6-5-9(17)7-13(10)18/h5-7,11-12H,8H2,1-4H3. The lowest BCUT2D eigenvalue weighted by molar-refractivity contribution is 0.00578. The van der Waals surface area contributed by atoms with E-state index in [2.05, 4.69) is 0 Å². The Morgan fingerprint density at radius 2 is 1.70 bits per heavy atom. The van der Waals surface area contributed by atoms with Gasteiger partial charge in [0, 0.05) is 11.9 Å². The molecule has 1 saturated heterocycles. The maximum absolute atomic E-state index is 13.8. The van der Waals surface area contributed by atoms with Crippen LogP contribution in [0.4, 0.5) is 8.78 Å². The molecule has 5 heteroatoms. The molecule has 0 spiro atoms. The Bertz CT molecular complexity index is 529. The molecule has 3 rings (SSSR count). The van der Waals surface area contributed by atoms with Crippen LogP contribution in [-0.2, 0) is 9.31 Å². The molecule has 0 amide bonds. The van der Waals surface area contributed by atoms with E-state index in [0.29, 0.717) is 5.56 Å². The van der Waals surface area contributed by atoms with E-state index in [1.165, 1.54) is 12.1 Å². The smallest absolute Gasteiger partial charge is 0.403 e. The van der Waals surface area contributed by atoms with Crippen molar-refractivity contribution in [3.8, 4) is 0 Å². The van der Waals surface area contributed by atoms with Crippen LogP contribution in [0.3, 0.4) is 0 Å². The minimum atomic E-state index is -0.543. The summed E-state index contributed by atoms with van der Waals surface area (Å²) in [6.45, 7) is 8.01. The van der Waals surface area contributed by atoms with Gasteiger partial charge < -0.3 is 9.31 Å². The molecular formula is C15H19BF2O2. The zero-order chi connectivity index (χ0) is 14.7. The van der Waals surface area contributed by atoms with Crippen LogP contribution in [0.5, 0.6) is 0 Å². The summed E-state index contributed by atoms with van der Waals surface area (Å²) in [5.74, 6) is -0.811. The van der Waals surface area contributed by atoms with E-state index in [1.807, 2.05) is 27.7 Å². The lowest BCUT2D eigenvalue weighted by Crippen LogP contribution is -2.41. The zero-order valence-corrected chi connectivity index (χ0v) is 12.2. The van der Waals surface area contributed by atoms with Crippen molar-refractivity contribution < 1.29 is 18.1 Å². The van der Waals surface area contributed by atoms with E-state index < -0.39 is 11.6 Å². The quantitative estimate of drug-likeness (QED) is 0.764. The second-order valence-corrected chi connectivity index (χ2v) is 6.80. The van der Waals surface area contributed by atoms with Crippen molar-refractivity contribution in [1.82, 2.24) is 0 Å². The molecular weight excluding hydrogens is 261 g/mol. The van der Waals surface area contributed by atoms with Crippen molar-refractivity contribution in [2.75, 3.05) is 0 Å². The molecule has 0 bridgehead atoms. The van der Waals surface area contributed by atoms with Gasteiger partial charge in [-0.3, -0.25) is 0 Å². The van der Waals surface area contributed by atoms with Gasteiger partial charge in [0.1, 0.15) is 11.6 Å². The molecule has 2 aliphatic rings. The summed E-state index contributed by atoms with van der Waals surface area (Å²) in [5, 5.41) is 0. The lowest BCUT2D eigenvalue weighted by atomic mass is 9.79. The SMILES string of the molecule is CC1(C)OB(C2CC2c2ccc(F)cc2F)OC1(C)C. The molecule has 2 atom stereocenters. The Morgan fingerprint density at radius 1 is 1.10 bits per heavy atom. The molecule has 0 N–H and O–H groups in total. The van der Waals surface area contributed by atoms with Gasteiger partial charge in [-0.2, -0.15) is 0 Å². The summed E-state index contributed by atoms with van der Waals surface area (Å²) in [6.07, 6.45) is 0.819. The summed E-state index contributed by atoms with van der Waals surface area (Å²) >= 11 is 0. The largest absolute Gasteiger partial charge is 0.461 e. The van der Waals surface area contributed by atoms with Crippen molar-refractivity contribution in [2.45, 2.75) is 57.1 Å². The first-order valence-electron chi connectivity index (χ1n) is 7.02. The Kier molecular flexibility index (Phi) is 3.00. The van der Waals surface area contributed by atoms with Gasteiger partial charge in [-0.1, -0.05) is 6.07 Å². The predicted octanol–water partition coefficient (Wildman–Crippen LogP) is 3.91. The number of halogens is 2. The second-order valence-electron chi connectivity index (χ2n) is 6.80. The topological polar surface area (TPSA) is 18.5 Å². The average molecular weight is 280 g/mol. The van der Waals surface area contributed by atoms with Crippen molar-refractivity contribution in [1.29, 1.82) is 0 Å². The molecule has 0 aromatic heterocycles. The summed E-state index contributed by atoms with van der Waals surface area (Å²) < 4.78 is 38.7. The van der Waals surface area contributed by atoms with E-state index >= 15 is 0 Å². The van der Waals surface area contributed by atoms with Crippen LogP contribution < -0.4 is 0 Å². The molecule has 1 aromatic carbocycles. The van der Waals surface area contributed by atoms with Gasteiger partial charge in [0.2, 0.25) is 0 Å². The van der Waals surface area contributed by atoms with Crippen LogP contribution in [0.15, 0.2) is 18.2 Å². The van der Waals surface area contributed by atoms with Gasteiger partial charge in [0.25, 0.3) is 0 Å². The fourth-order valence-corrected chi connectivity index (χ4v) is 2.74. The highest BCUT2D eigenvalue weighted by Crippen LogP contribution is 2.58. The van der Waals surface area contributed by atoms with Crippen molar-refractivity contribution in [3.63, 3.8) is 0 Å². The Labute approximate surface area is 118 Å². The first-order chi connectivity index (χ1) is 9.21. The molecule has 2 nitrogen and oxygen atoms in total. The number of hydrogen-bond acceptors (Lipinski definition) is 2. The molecule has 1 aliphatic heterocycles. The zero-order valence-electron chi connectivity index (χ0n) is 12.2. The van der Waals surface area contributed by atoms with Gasteiger partial charge >= 0.3 is 7.12 Å². The van der Waals surface area contributed by atoms with E-state index in [0.717, 1.165) is 12.5 Å². The minimum Gasteiger partial charge on any atom is -0.403 e. The first kappa shape index (κ1) is 14.0. The van der Waals surface area contributed by atoms with Gasteiger partial charge in [-0.25, -0.2) is 8.78 Å². The summed E-state index contributed by atoms with van der Waals surface area (Å²) in [5.41, 5.74) is -0.177. The average Bonchev–Trinajstić information content (AvgIpc) is 3.02. The monoisotopic (exact) mass is 280 g/mol. The van der Waals surface area contributed by atoms with E-state index in [9.17, 15) is 8.78 Å². The first-order valence-corrected chi connectivity index (χ1v) is 7.02. The highest BCUT2D eigenvalue weighted by Gasteiger charge is 2.60. The Hall–Kier alpha value is -0.935. The summed E-state index contributed by atoms with van der Waals surface area (Å²) in [7, 11) is -0.311. The molecule has 20 heavy (non-hydrogen) atoms. The molecule has 1 aromatic rings. The molecule has 108 valence electrons. The summed E-state index contributed by atoms with van der Waals surface area (Å²) in [6, 6.07) is 3.77. The normalized spacial score (nSPS) is 30.6. The maximum Gasteiger partial charge on any atom is 0.461 e. The van der Waals surface area contributed by atoms with Gasteiger partial charge in [-0.05, 0) is 51.7 Å². The third-order valence-corrected chi connectivity index (χ3v) is 4.82. The van der Waals surface area contributed by atoms with Crippen molar-refractivity contribution in [3.05, 3.63) is 35.4 Å². The lowest BCUT2D eigenvalue weighted by Gasteiger charge is -2.32. The molecule has 1 aliphatic carbocycles. The van der Waals surface area contributed by atoms with Crippen LogP contribution in [0, 0.1) is 11.6 Å². The fourth-order valence-electron chi connectivity index (χ4n) is 2.74. The minimum absolute atomic E-state index is 0.0605. The Balaban J connectivity index is 1.74. The van der Waals surface area contributed by atoms with E-state index in [-0.39, 0.29) is 30.1 Å². The van der Waals surface area contributed by atoms with Crippen molar-refractivity contribution in [2.24, 2.45) is 0 Å². The van der Waals surface area contributed by atoms with E-state index in [4.69, 9.17) is 9.31 Å². The van der Waals surface area contributed by atoms with Crippen LogP contribution in [0.2, 0.25) is 5.82 Å². The highest BCUT2D eigenvalue weighted by molar-refractivity contribution is 6.49. The van der Waals surface area contributed by atoms with Crippen molar-refractivity contribution >= 4 is 7.12 Å². The van der Waals surface area contributed by atoms with Gasteiger partial charge in [0.05, 0.1) is 11.2 Å². The van der Waals surface area contributed by atoms with Gasteiger partial charge in [-0.15, -0.1) is 0 Å². The fraction of sp³-hybridized carbons (Fsp3) is 0.600. The third kappa shape index (κ3) is 2.17. The van der Waals surface area contributed by atoms with Crippen LogP contribution in [0.25, 0.3) is 0 Å². The molecule has 0 radical (unpaired) electrons. The Morgan fingerprint density at radius 3 is 2.25 bits per heavy atom. The molecule has 1 saturated carbocycles. The van der Waals surface area contributed by atoms with Crippen LogP contribution in [0.1, 0.15) is 45.6 Å². The van der Waals surface area contributed by atoms with Gasteiger partial charge in [0.15, 0.2) is 0 Å².